The van der Waals surface area contributed by atoms with E-state index >= 15 is 0 Å². The van der Waals surface area contributed by atoms with E-state index in [0.29, 0.717) is 24.3 Å². The molecule has 0 radical (unpaired) electrons. The van der Waals surface area contributed by atoms with Crippen LogP contribution in [0.5, 0.6) is 0 Å². The topological polar surface area (TPSA) is 72.9 Å². The average Bonchev–Trinajstić information content (AvgIpc) is 2.62. The first-order valence-corrected chi connectivity index (χ1v) is 7.21. The summed E-state index contributed by atoms with van der Waals surface area (Å²) in [4.78, 5) is 27.3. The van der Waals surface area contributed by atoms with E-state index in [1.807, 2.05) is 24.8 Å². The van der Waals surface area contributed by atoms with Gasteiger partial charge in [0.2, 0.25) is 0 Å². The highest BCUT2D eigenvalue weighted by molar-refractivity contribution is 6.03. The van der Waals surface area contributed by atoms with Gasteiger partial charge in [-0.3, -0.25) is 9.59 Å². The maximum atomic E-state index is 12.6. The van der Waals surface area contributed by atoms with Crippen LogP contribution in [0.3, 0.4) is 0 Å². The highest BCUT2D eigenvalue weighted by Gasteiger charge is 2.26. The number of aliphatic carboxylic acids is 1. The number of likely N-dealkylation sites (N-methyl/N-ethyl adjacent to an activating group) is 2. The largest absolute Gasteiger partial charge is 0.480 e. The Hall–Kier alpha value is -2.24. The molecule has 2 rings (SSSR count). The van der Waals surface area contributed by atoms with Crippen LogP contribution in [0, 0.1) is 0 Å². The van der Waals surface area contributed by atoms with Gasteiger partial charge in [0, 0.05) is 26.2 Å². The van der Waals surface area contributed by atoms with Crippen molar-refractivity contribution in [1.82, 2.24) is 4.90 Å². The SMILES string of the molecule is CCN1CCN(CC)c2c(NCC(=O)O)cccc2C1=O. The van der Waals surface area contributed by atoms with E-state index < -0.39 is 5.97 Å². The van der Waals surface area contributed by atoms with Gasteiger partial charge in [0.25, 0.3) is 5.91 Å². The summed E-state index contributed by atoms with van der Waals surface area (Å²) in [5.74, 6) is -0.923. The van der Waals surface area contributed by atoms with Gasteiger partial charge < -0.3 is 20.2 Å². The molecule has 0 saturated carbocycles. The molecule has 114 valence electrons. The molecule has 1 aromatic carbocycles. The van der Waals surface area contributed by atoms with Crippen LogP contribution in [0.2, 0.25) is 0 Å². The minimum atomic E-state index is -0.925. The third-order valence-corrected chi connectivity index (χ3v) is 3.70. The maximum Gasteiger partial charge on any atom is 0.322 e. The van der Waals surface area contributed by atoms with Crippen LogP contribution >= 0.6 is 0 Å². The fraction of sp³-hybridized carbons (Fsp3) is 0.467. The van der Waals surface area contributed by atoms with Crippen LogP contribution in [-0.2, 0) is 4.79 Å². The number of hydrogen-bond donors (Lipinski definition) is 2. The number of carbonyl (C=O) groups is 2. The van der Waals surface area contributed by atoms with Crippen molar-refractivity contribution < 1.29 is 14.7 Å². The lowest BCUT2D eigenvalue weighted by Gasteiger charge is -2.25. The number of benzene rings is 1. The van der Waals surface area contributed by atoms with Crippen molar-refractivity contribution >= 4 is 23.3 Å². The van der Waals surface area contributed by atoms with E-state index in [9.17, 15) is 9.59 Å². The van der Waals surface area contributed by atoms with E-state index in [-0.39, 0.29) is 12.5 Å². The number of anilines is 2. The molecule has 0 aliphatic carbocycles. The third kappa shape index (κ3) is 3.09. The molecule has 6 nitrogen and oxygen atoms in total. The van der Waals surface area contributed by atoms with Crippen LogP contribution in [-0.4, -0.2) is 54.6 Å². The number of rotatable bonds is 5. The van der Waals surface area contributed by atoms with Crippen molar-refractivity contribution in [3.8, 4) is 0 Å². The minimum Gasteiger partial charge on any atom is -0.480 e. The highest BCUT2D eigenvalue weighted by Crippen LogP contribution is 2.32. The summed E-state index contributed by atoms with van der Waals surface area (Å²) < 4.78 is 0. The Kier molecular flexibility index (Phi) is 4.67. The molecule has 1 aliphatic rings. The number of nitrogens with zero attached hydrogens (tertiary/aromatic N) is 2. The molecule has 1 amide bonds. The summed E-state index contributed by atoms with van der Waals surface area (Å²) in [5.41, 5.74) is 2.14. The average molecular weight is 291 g/mol. The normalized spacial score (nSPS) is 14.7. The molecule has 1 heterocycles. The summed E-state index contributed by atoms with van der Waals surface area (Å²) in [6.45, 7) is 6.69. The molecule has 1 aliphatic heterocycles. The molecule has 21 heavy (non-hydrogen) atoms. The summed E-state index contributed by atoms with van der Waals surface area (Å²) in [6, 6.07) is 5.41. The Balaban J connectivity index is 2.45. The molecular formula is C15H21N3O3. The fourth-order valence-electron chi connectivity index (χ4n) is 2.61. The van der Waals surface area contributed by atoms with Crippen LogP contribution in [0.1, 0.15) is 24.2 Å². The summed E-state index contributed by atoms with van der Waals surface area (Å²) in [7, 11) is 0. The monoisotopic (exact) mass is 291 g/mol. The number of amides is 1. The minimum absolute atomic E-state index is 0.00225. The third-order valence-electron chi connectivity index (χ3n) is 3.70. The molecule has 0 fully saturated rings. The predicted molar refractivity (Wildman–Crippen MR) is 82.0 cm³/mol. The molecule has 2 N–H and O–H groups in total. The number of carbonyl (C=O) groups excluding carboxylic acids is 1. The van der Waals surface area contributed by atoms with Crippen LogP contribution in [0.4, 0.5) is 11.4 Å². The summed E-state index contributed by atoms with van der Waals surface area (Å²) >= 11 is 0. The Morgan fingerprint density at radius 3 is 2.52 bits per heavy atom. The number of nitrogens with one attached hydrogen (secondary N) is 1. The molecule has 0 aromatic heterocycles. The zero-order valence-corrected chi connectivity index (χ0v) is 12.4. The first-order valence-electron chi connectivity index (χ1n) is 7.21. The zero-order chi connectivity index (χ0) is 15.4. The van der Waals surface area contributed by atoms with E-state index in [2.05, 4.69) is 10.2 Å². The highest BCUT2D eigenvalue weighted by atomic mass is 16.4. The lowest BCUT2D eigenvalue weighted by molar-refractivity contribution is -0.134. The van der Waals surface area contributed by atoms with E-state index in [4.69, 9.17) is 5.11 Å². The lowest BCUT2D eigenvalue weighted by Crippen LogP contribution is -2.34. The number of para-hydroxylation sites is 1. The molecule has 0 bridgehead atoms. The van der Waals surface area contributed by atoms with Crippen molar-refractivity contribution in [2.75, 3.05) is 42.9 Å². The van der Waals surface area contributed by atoms with E-state index in [0.717, 1.165) is 18.8 Å². The Morgan fingerprint density at radius 2 is 1.90 bits per heavy atom. The fourth-order valence-corrected chi connectivity index (χ4v) is 2.61. The number of carboxylic acids is 1. The van der Waals surface area contributed by atoms with Gasteiger partial charge in [-0.15, -0.1) is 0 Å². The van der Waals surface area contributed by atoms with Crippen molar-refractivity contribution in [3.63, 3.8) is 0 Å². The second kappa shape index (κ2) is 6.47. The molecule has 0 saturated heterocycles. The Bertz CT molecular complexity index is 545. The second-order valence-electron chi connectivity index (χ2n) is 4.91. The summed E-state index contributed by atoms with van der Waals surface area (Å²) in [5, 5.41) is 11.7. The van der Waals surface area contributed by atoms with E-state index in [1.165, 1.54) is 0 Å². The van der Waals surface area contributed by atoms with Gasteiger partial charge in [-0.2, -0.15) is 0 Å². The number of carboxylic acid groups (broad SMARTS) is 1. The first kappa shape index (κ1) is 15.2. The molecule has 1 aromatic rings. The van der Waals surface area contributed by atoms with Crippen molar-refractivity contribution in [1.29, 1.82) is 0 Å². The maximum absolute atomic E-state index is 12.6. The summed E-state index contributed by atoms with van der Waals surface area (Å²) in [6.07, 6.45) is 0. The van der Waals surface area contributed by atoms with Gasteiger partial charge in [0.1, 0.15) is 6.54 Å². The van der Waals surface area contributed by atoms with Gasteiger partial charge in [-0.05, 0) is 26.0 Å². The lowest BCUT2D eigenvalue weighted by atomic mass is 10.1. The standard InChI is InChI=1S/C15H21N3O3/c1-3-17-8-9-18(4-2)15(21)11-6-5-7-12(14(11)17)16-10-13(19)20/h5-7,16H,3-4,8-10H2,1-2H3,(H,19,20). The quantitative estimate of drug-likeness (QED) is 0.860. The molecule has 0 atom stereocenters. The number of hydrogen-bond acceptors (Lipinski definition) is 4. The van der Waals surface area contributed by atoms with Gasteiger partial charge in [0.15, 0.2) is 0 Å². The predicted octanol–water partition coefficient (Wildman–Crippen LogP) is 1.49. The van der Waals surface area contributed by atoms with Crippen LogP contribution < -0.4 is 10.2 Å². The Labute approximate surface area is 124 Å². The van der Waals surface area contributed by atoms with Gasteiger partial charge in [-0.25, -0.2) is 0 Å². The molecular weight excluding hydrogens is 270 g/mol. The van der Waals surface area contributed by atoms with Crippen LogP contribution in [0.15, 0.2) is 18.2 Å². The number of fused-ring (bicyclic) bond motifs is 1. The van der Waals surface area contributed by atoms with Crippen molar-refractivity contribution in [3.05, 3.63) is 23.8 Å². The van der Waals surface area contributed by atoms with Gasteiger partial charge in [-0.1, -0.05) is 6.07 Å². The first-order chi connectivity index (χ1) is 10.1. The molecule has 0 unspecified atom stereocenters. The zero-order valence-electron chi connectivity index (χ0n) is 12.4. The second-order valence-corrected chi connectivity index (χ2v) is 4.91. The van der Waals surface area contributed by atoms with E-state index in [1.54, 1.807) is 12.1 Å². The van der Waals surface area contributed by atoms with Crippen molar-refractivity contribution in [2.24, 2.45) is 0 Å². The van der Waals surface area contributed by atoms with Gasteiger partial charge in [0.05, 0.1) is 16.9 Å². The van der Waals surface area contributed by atoms with Gasteiger partial charge >= 0.3 is 5.97 Å². The smallest absolute Gasteiger partial charge is 0.322 e. The van der Waals surface area contributed by atoms with Crippen LogP contribution in [0.25, 0.3) is 0 Å². The molecule has 0 spiro atoms. The Morgan fingerprint density at radius 1 is 1.24 bits per heavy atom. The van der Waals surface area contributed by atoms with Crippen molar-refractivity contribution in [2.45, 2.75) is 13.8 Å². The molecule has 6 heteroatoms.